The Morgan fingerprint density at radius 3 is 2.83 bits per heavy atom. The molecule has 0 saturated heterocycles. The van der Waals surface area contributed by atoms with E-state index in [-0.39, 0.29) is 11.8 Å². The first-order chi connectivity index (χ1) is 17.0. The standard InChI is InChI=1S/C24H26ClN7O3/c1-26-23(34)17-5-3-4-6-19(17)30-22-18(25)12-27-24(31-22)28-16-8-7-15-13-32(9-10-35-2)14-21(33)29-20(15)11-16/h3-8,11-12H,9-10,13-14H2,1-2H3,(H,26,34)(H,29,33)(H2,27,28,30,31). The van der Waals surface area contributed by atoms with Crippen molar-refractivity contribution in [1.82, 2.24) is 20.2 Å². The number of hydrogen-bond donors (Lipinski definition) is 4. The number of anilines is 5. The second-order valence-electron chi connectivity index (χ2n) is 7.89. The lowest BCUT2D eigenvalue weighted by atomic mass is 10.1. The summed E-state index contributed by atoms with van der Waals surface area (Å²) in [6.07, 6.45) is 1.47. The van der Waals surface area contributed by atoms with Gasteiger partial charge in [-0.15, -0.1) is 0 Å². The molecule has 0 unspecified atom stereocenters. The summed E-state index contributed by atoms with van der Waals surface area (Å²) in [7, 11) is 3.21. The Morgan fingerprint density at radius 2 is 2.03 bits per heavy atom. The quantitative estimate of drug-likeness (QED) is 0.375. The lowest BCUT2D eigenvalue weighted by molar-refractivity contribution is -0.117. The topological polar surface area (TPSA) is 121 Å². The van der Waals surface area contributed by atoms with Crippen LogP contribution in [0.3, 0.4) is 0 Å². The maximum atomic E-state index is 12.4. The normalized spacial score (nSPS) is 13.4. The molecular formula is C24H26ClN7O3. The summed E-state index contributed by atoms with van der Waals surface area (Å²) < 4.78 is 5.14. The number of nitrogens with zero attached hydrogens (tertiary/aromatic N) is 3. The van der Waals surface area contributed by atoms with Crippen molar-refractivity contribution in [3.63, 3.8) is 0 Å². The molecule has 4 N–H and O–H groups in total. The highest BCUT2D eigenvalue weighted by Crippen LogP contribution is 2.29. The number of rotatable bonds is 8. The summed E-state index contributed by atoms with van der Waals surface area (Å²) in [5.41, 5.74) is 3.45. The third-order valence-corrected chi connectivity index (χ3v) is 5.69. The van der Waals surface area contributed by atoms with Crippen LogP contribution < -0.4 is 21.3 Å². The Bertz CT molecular complexity index is 1240. The van der Waals surface area contributed by atoms with Crippen LogP contribution in [0.4, 0.5) is 28.8 Å². The predicted octanol–water partition coefficient (Wildman–Crippen LogP) is 3.38. The van der Waals surface area contributed by atoms with E-state index in [0.717, 1.165) is 11.3 Å². The van der Waals surface area contributed by atoms with Crippen molar-refractivity contribution in [1.29, 1.82) is 0 Å². The molecule has 4 rings (SSSR count). The van der Waals surface area contributed by atoms with E-state index in [2.05, 4.69) is 31.2 Å². The van der Waals surface area contributed by atoms with Gasteiger partial charge in [-0.05, 0) is 29.8 Å². The van der Waals surface area contributed by atoms with Gasteiger partial charge in [0.05, 0.1) is 30.6 Å². The zero-order chi connectivity index (χ0) is 24.8. The minimum atomic E-state index is -0.232. The van der Waals surface area contributed by atoms with E-state index in [9.17, 15) is 9.59 Å². The number of fused-ring (bicyclic) bond motifs is 1. The minimum absolute atomic E-state index is 0.0824. The van der Waals surface area contributed by atoms with Gasteiger partial charge in [0.25, 0.3) is 5.91 Å². The summed E-state index contributed by atoms with van der Waals surface area (Å²) in [6.45, 7) is 2.16. The van der Waals surface area contributed by atoms with E-state index in [4.69, 9.17) is 16.3 Å². The fraction of sp³-hybridized carbons (Fsp3) is 0.250. The van der Waals surface area contributed by atoms with Gasteiger partial charge in [-0.1, -0.05) is 29.8 Å². The van der Waals surface area contributed by atoms with Crippen molar-refractivity contribution in [3.8, 4) is 0 Å². The molecule has 11 heteroatoms. The summed E-state index contributed by atoms with van der Waals surface area (Å²) >= 11 is 6.32. The van der Waals surface area contributed by atoms with Crippen molar-refractivity contribution in [2.24, 2.45) is 0 Å². The third kappa shape index (κ3) is 6.04. The number of methoxy groups -OCH3 is 1. The van der Waals surface area contributed by atoms with Crippen LogP contribution in [0.1, 0.15) is 15.9 Å². The van der Waals surface area contributed by atoms with Gasteiger partial charge < -0.3 is 26.0 Å². The van der Waals surface area contributed by atoms with Crippen LogP contribution in [0.25, 0.3) is 0 Å². The number of halogens is 1. The summed E-state index contributed by atoms with van der Waals surface area (Å²) in [6, 6.07) is 12.8. The molecule has 0 saturated carbocycles. The molecule has 10 nitrogen and oxygen atoms in total. The first-order valence-electron chi connectivity index (χ1n) is 11.0. The van der Waals surface area contributed by atoms with E-state index in [0.29, 0.717) is 60.0 Å². The average Bonchev–Trinajstić information content (AvgIpc) is 3.01. The number of carbonyl (C=O) groups is 2. The van der Waals surface area contributed by atoms with Crippen molar-refractivity contribution in [2.45, 2.75) is 6.54 Å². The lowest BCUT2D eigenvalue weighted by Crippen LogP contribution is -2.32. The van der Waals surface area contributed by atoms with Gasteiger partial charge in [-0.2, -0.15) is 4.98 Å². The molecule has 3 aromatic rings. The fourth-order valence-electron chi connectivity index (χ4n) is 3.67. The highest BCUT2D eigenvalue weighted by atomic mass is 35.5. The summed E-state index contributed by atoms with van der Waals surface area (Å²) in [5.74, 6) is 0.332. The Morgan fingerprint density at radius 1 is 1.20 bits per heavy atom. The molecule has 0 fully saturated rings. The van der Waals surface area contributed by atoms with Crippen LogP contribution in [-0.4, -0.2) is 60.5 Å². The molecule has 0 atom stereocenters. The number of aromatic nitrogens is 2. The second kappa shape index (κ2) is 11.1. The van der Waals surface area contributed by atoms with Gasteiger partial charge in [0.15, 0.2) is 5.82 Å². The zero-order valence-corrected chi connectivity index (χ0v) is 20.1. The predicted molar refractivity (Wildman–Crippen MR) is 136 cm³/mol. The van der Waals surface area contributed by atoms with Gasteiger partial charge >= 0.3 is 0 Å². The molecule has 0 aliphatic carbocycles. The second-order valence-corrected chi connectivity index (χ2v) is 8.30. The zero-order valence-electron chi connectivity index (χ0n) is 19.4. The lowest BCUT2D eigenvalue weighted by Gasteiger charge is -2.18. The van der Waals surface area contributed by atoms with Crippen LogP contribution in [0.2, 0.25) is 5.02 Å². The van der Waals surface area contributed by atoms with E-state index < -0.39 is 0 Å². The van der Waals surface area contributed by atoms with E-state index in [1.807, 2.05) is 29.2 Å². The van der Waals surface area contributed by atoms with E-state index >= 15 is 0 Å². The van der Waals surface area contributed by atoms with Crippen molar-refractivity contribution in [3.05, 3.63) is 64.8 Å². The molecule has 182 valence electrons. The van der Waals surface area contributed by atoms with Crippen LogP contribution >= 0.6 is 11.6 Å². The van der Waals surface area contributed by atoms with Gasteiger partial charge in [0, 0.05) is 38.6 Å². The highest BCUT2D eigenvalue weighted by molar-refractivity contribution is 6.33. The Labute approximate surface area is 208 Å². The summed E-state index contributed by atoms with van der Waals surface area (Å²) in [5, 5.41) is 12.1. The fourth-order valence-corrected chi connectivity index (χ4v) is 3.81. The molecule has 1 aliphatic rings. The number of hydrogen-bond acceptors (Lipinski definition) is 8. The number of ether oxygens (including phenoxy) is 1. The Hall–Kier alpha value is -3.73. The molecular weight excluding hydrogens is 470 g/mol. The maximum Gasteiger partial charge on any atom is 0.253 e. The number of amides is 2. The van der Waals surface area contributed by atoms with Gasteiger partial charge in [-0.3, -0.25) is 14.5 Å². The smallest absolute Gasteiger partial charge is 0.253 e. The number of carbonyl (C=O) groups excluding carboxylic acids is 2. The molecule has 1 aliphatic heterocycles. The van der Waals surface area contributed by atoms with Gasteiger partial charge in [0.1, 0.15) is 5.02 Å². The molecule has 0 radical (unpaired) electrons. The molecule has 2 heterocycles. The van der Waals surface area contributed by atoms with Crippen LogP contribution in [-0.2, 0) is 16.1 Å². The van der Waals surface area contributed by atoms with E-state index in [1.54, 1.807) is 32.4 Å². The van der Waals surface area contributed by atoms with Crippen LogP contribution in [0.5, 0.6) is 0 Å². The first kappa shape index (κ1) is 24.4. The van der Waals surface area contributed by atoms with Gasteiger partial charge in [-0.25, -0.2) is 4.98 Å². The molecule has 0 bridgehead atoms. The molecule has 0 spiro atoms. The SMILES string of the molecule is CNC(=O)c1ccccc1Nc1nc(Nc2ccc3c(c2)NC(=O)CN(CCOC)C3)ncc1Cl. The number of benzene rings is 2. The Balaban J connectivity index is 1.54. The number of para-hydroxylation sites is 1. The molecule has 1 aromatic heterocycles. The van der Waals surface area contributed by atoms with E-state index in [1.165, 1.54) is 6.20 Å². The summed E-state index contributed by atoms with van der Waals surface area (Å²) in [4.78, 5) is 35.3. The van der Waals surface area contributed by atoms with Crippen molar-refractivity contribution < 1.29 is 14.3 Å². The van der Waals surface area contributed by atoms with Crippen molar-refractivity contribution >= 4 is 52.2 Å². The minimum Gasteiger partial charge on any atom is -0.383 e. The highest BCUT2D eigenvalue weighted by Gasteiger charge is 2.19. The van der Waals surface area contributed by atoms with Crippen LogP contribution in [0, 0.1) is 0 Å². The van der Waals surface area contributed by atoms with Crippen LogP contribution in [0.15, 0.2) is 48.7 Å². The number of nitrogens with one attached hydrogen (secondary N) is 4. The monoisotopic (exact) mass is 495 g/mol. The first-order valence-corrected chi connectivity index (χ1v) is 11.4. The molecule has 2 aromatic carbocycles. The third-order valence-electron chi connectivity index (χ3n) is 5.41. The maximum absolute atomic E-state index is 12.4. The average molecular weight is 496 g/mol. The largest absolute Gasteiger partial charge is 0.383 e. The molecule has 35 heavy (non-hydrogen) atoms. The van der Waals surface area contributed by atoms with Crippen molar-refractivity contribution in [2.75, 3.05) is 49.8 Å². The molecule has 2 amide bonds. The van der Waals surface area contributed by atoms with Gasteiger partial charge in [0.2, 0.25) is 11.9 Å². The Kier molecular flexibility index (Phi) is 7.76.